The Bertz CT molecular complexity index is 339. The molecule has 0 radical (unpaired) electrons. The minimum Gasteiger partial charge on any atom is -0.343 e. The number of nitrogens with zero attached hydrogens (tertiary/aromatic N) is 2. The molecular formula is C19H36N2O. The molecule has 2 rings (SSSR count). The van der Waals surface area contributed by atoms with E-state index in [1.807, 2.05) is 18.9 Å². The van der Waals surface area contributed by atoms with Crippen LogP contribution in [0, 0.1) is 17.8 Å². The second-order valence-electron chi connectivity index (χ2n) is 7.91. The fourth-order valence-corrected chi connectivity index (χ4v) is 4.34. The highest BCUT2D eigenvalue weighted by Crippen LogP contribution is 2.34. The van der Waals surface area contributed by atoms with E-state index in [0.717, 1.165) is 30.6 Å². The molecule has 1 aliphatic heterocycles. The first-order valence-corrected chi connectivity index (χ1v) is 9.49. The SMILES string of the molecule is CCC(=O)N(C)C1CCN(CC2CCC(C(C)C)CC2)CC1. The van der Waals surface area contributed by atoms with Crippen molar-refractivity contribution in [3.8, 4) is 0 Å². The van der Waals surface area contributed by atoms with Crippen LogP contribution in [-0.4, -0.2) is 48.4 Å². The Hall–Kier alpha value is -0.570. The van der Waals surface area contributed by atoms with Crippen molar-refractivity contribution in [2.24, 2.45) is 17.8 Å². The van der Waals surface area contributed by atoms with Gasteiger partial charge in [0.05, 0.1) is 0 Å². The lowest BCUT2D eigenvalue weighted by Crippen LogP contribution is -2.46. The summed E-state index contributed by atoms with van der Waals surface area (Å²) in [7, 11) is 1.99. The summed E-state index contributed by atoms with van der Waals surface area (Å²) in [6.45, 7) is 10.4. The number of piperidine rings is 1. The molecule has 3 heteroatoms. The highest BCUT2D eigenvalue weighted by Gasteiger charge is 2.28. The van der Waals surface area contributed by atoms with Crippen molar-refractivity contribution in [1.29, 1.82) is 0 Å². The molecule has 0 aromatic heterocycles. The summed E-state index contributed by atoms with van der Waals surface area (Å²) in [6.07, 6.45) is 8.68. The van der Waals surface area contributed by atoms with E-state index in [-0.39, 0.29) is 0 Å². The second kappa shape index (κ2) is 8.33. The van der Waals surface area contributed by atoms with Gasteiger partial charge < -0.3 is 9.80 Å². The average Bonchev–Trinajstić information content (AvgIpc) is 2.54. The van der Waals surface area contributed by atoms with Gasteiger partial charge in [-0.25, -0.2) is 0 Å². The molecule has 22 heavy (non-hydrogen) atoms. The number of likely N-dealkylation sites (tertiary alicyclic amines) is 1. The molecule has 0 N–H and O–H groups in total. The fraction of sp³-hybridized carbons (Fsp3) is 0.947. The zero-order chi connectivity index (χ0) is 16.1. The Morgan fingerprint density at radius 2 is 1.68 bits per heavy atom. The molecular weight excluding hydrogens is 272 g/mol. The highest BCUT2D eigenvalue weighted by molar-refractivity contribution is 5.75. The molecule has 1 amide bonds. The topological polar surface area (TPSA) is 23.6 Å². The molecule has 1 saturated carbocycles. The van der Waals surface area contributed by atoms with Crippen molar-refractivity contribution in [2.75, 3.05) is 26.7 Å². The Morgan fingerprint density at radius 3 is 2.18 bits per heavy atom. The van der Waals surface area contributed by atoms with Gasteiger partial charge in [0.25, 0.3) is 0 Å². The van der Waals surface area contributed by atoms with Crippen molar-refractivity contribution in [2.45, 2.75) is 71.8 Å². The molecule has 1 heterocycles. The van der Waals surface area contributed by atoms with E-state index < -0.39 is 0 Å². The number of hydrogen-bond acceptors (Lipinski definition) is 2. The predicted molar refractivity (Wildman–Crippen MR) is 92.8 cm³/mol. The van der Waals surface area contributed by atoms with Gasteiger partial charge in [0.1, 0.15) is 0 Å². The summed E-state index contributed by atoms with van der Waals surface area (Å²) in [5.74, 6) is 3.05. The summed E-state index contributed by atoms with van der Waals surface area (Å²) in [4.78, 5) is 16.5. The van der Waals surface area contributed by atoms with Gasteiger partial charge in [-0.1, -0.05) is 20.8 Å². The minimum atomic E-state index is 0.297. The van der Waals surface area contributed by atoms with Crippen molar-refractivity contribution in [3.63, 3.8) is 0 Å². The average molecular weight is 309 g/mol. The first kappa shape index (κ1) is 17.8. The molecule has 1 saturated heterocycles. The number of amides is 1. The summed E-state index contributed by atoms with van der Waals surface area (Å²) in [5, 5.41) is 0. The molecule has 2 fully saturated rings. The number of carbonyl (C=O) groups excluding carboxylic acids is 1. The van der Waals surface area contributed by atoms with Crippen LogP contribution >= 0.6 is 0 Å². The van der Waals surface area contributed by atoms with Crippen LogP contribution in [0.2, 0.25) is 0 Å². The van der Waals surface area contributed by atoms with E-state index in [4.69, 9.17) is 0 Å². The summed E-state index contributed by atoms with van der Waals surface area (Å²) >= 11 is 0. The Balaban J connectivity index is 1.69. The van der Waals surface area contributed by atoms with Gasteiger partial charge in [0, 0.05) is 39.1 Å². The maximum absolute atomic E-state index is 11.8. The van der Waals surface area contributed by atoms with Gasteiger partial charge in [-0.05, 0) is 56.3 Å². The summed E-state index contributed by atoms with van der Waals surface area (Å²) in [5.41, 5.74) is 0. The van der Waals surface area contributed by atoms with E-state index in [1.165, 1.54) is 45.3 Å². The zero-order valence-electron chi connectivity index (χ0n) is 15.2. The molecule has 0 bridgehead atoms. The van der Waals surface area contributed by atoms with Gasteiger partial charge in [-0.15, -0.1) is 0 Å². The van der Waals surface area contributed by atoms with Gasteiger partial charge in [-0.2, -0.15) is 0 Å². The number of rotatable bonds is 5. The van der Waals surface area contributed by atoms with Crippen LogP contribution < -0.4 is 0 Å². The minimum absolute atomic E-state index is 0.297. The maximum Gasteiger partial charge on any atom is 0.222 e. The molecule has 1 aliphatic carbocycles. The van der Waals surface area contributed by atoms with E-state index in [0.29, 0.717) is 18.4 Å². The van der Waals surface area contributed by atoms with E-state index in [1.54, 1.807) is 0 Å². The van der Waals surface area contributed by atoms with Crippen LogP contribution in [0.15, 0.2) is 0 Å². The zero-order valence-corrected chi connectivity index (χ0v) is 15.2. The lowest BCUT2D eigenvalue weighted by molar-refractivity contribution is -0.132. The largest absolute Gasteiger partial charge is 0.343 e. The number of carbonyl (C=O) groups is 1. The van der Waals surface area contributed by atoms with Crippen LogP contribution in [0.1, 0.15) is 65.7 Å². The third kappa shape index (κ3) is 4.71. The normalized spacial score (nSPS) is 28.0. The van der Waals surface area contributed by atoms with Crippen LogP contribution in [-0.2, 0) is 4.79 Å². The van der Waals surface area contributed by atoms with E-state index in [2.05, 4.69) is 18.7 Å². The molecule has 2 aliphatic rings. The number of hydrogen-bond donors (Lipinski definition) is 0. The predicted octanol–water partition coefficient (Wildman–Crippen LogP) is 3.78. The van der Waals surface area contributed by atoms with Gasteiger partial charge in [0.15, 0.2) is 0 Å². The lowest BCUT2D eigenvalue weighted by atomic mass is 9.77. The molecule has 0 atom stereocenters. The van der Waals surface area contributed by atoms with Gasteiger partial charge >= 0.3 is 0 Å². The van der Waals surface area contributed by atoms with E-state index >= 15 is 0 Å². The van der Waals surface area contributed by atoms with Crippen molar-refractivity contribution < 1.29 is 4.79 Å². The van der Waals surface area contributed by atoms with Crippen molar-refractivity contribution in [3.05, 3.63) is 0 Å². The van der Waals surface area contributed by atoms with Crippen LogP contribution in [0.5, 0.6) is 0 Å². The summed E-state index contributed by atoms with van der Waals surface area (Å²) < 4.78 is 0. The van der Waals surface area contributed by atoms with Crippen molar-refractivity contribution >= 4 is 5.91 Å². The van der Waals surface area contributed by atoms with Crippen molar-refractivity contribution in [1.82, 2.24) is 9.80 Å². The molecule has 0 aromatic carbocycles. The van der Waals surface area contributed by atoms with Crippen LogP contribution in [0.3, 0.4) is 0 Å². The first-order valence-electron chi connectivity index (χ1n) is 9.49. The Labute approximate surface area is 137 Å². The molecule has 3 nitrogen and oxygen atoms in total. The Kier molecular flexibility index (Phi) is 6.73. The lowest BCUT2D eigenvalue weighted by Gasteiger charge is -2.39. The van der Waals surface area contributed by atoms with Crippen LogP contribution in [0.4, 0.5) is 0 Å². The molecule has 0 spiro atoms. The Morgan fingerprint density at radius 1 is 1.09 bits per heavy atom. The third-order valence-electron chi connectivity index (χ3n) is 6.15. The third-order valence-corrected chi connectivity index (χ3v) is 6.15. The smallest absolute Gasteiger partial charge is 0.222 e. The van der Waals surface area contributed by atoms with Crippen LogP contribution in [0.25, 0.3) is 0 Å². The summed E-state index contributed by atoms with van der Waals surface area (Å²) in [6, 6.07) is 0.473. The quantitative estimate of drug-likeness (QED) is 0.771. The first-order chi connectivity index (χ1) is 10.5. The standard InChI is InChI=1S/C19H36N2O/c1-5-19(22)20(4)18-10-12-21(13-11-18)14-16-6-8-17(9-7-16)15(2)3/h15-18H,5-14H2,1-4H3. The second-order valence-corrected chi connectivity index (χ2v) is 7.91. The van der Waals surface area contributed by atoms with Gasteiger partial charge in [0.2, 0.25) is 5.91 Å². The molecule has 0 unspecified atom stereocenters. The van der Waals surface area contributed by atoms with Gasteiger partial charge in [-0.3, -0.25) is 4.79 Å². The van der Waals surface area contributed by atoms with E-state index in [9.17, 15) is 4.79 Å². The fourth-order valence-electron chi connectivity index (χ4n) is 4.34. The molecule has 128 valence electrons. The highest BCUT2D eigenvalue weighted by atomic mass is 16.2. The molecule has 0 aromatic rings. The maximum atomic E-state index is 11.8. The monoisotopic (exact) mass is 308 g/mol.